The molecule has 0 radical (unpaired) electrons. The number of aryl methyl sites for hydroxylation is 1. The first-order valence-corrected chi connectivity index (χ1v) is 6.85. The smallest absolute Gasteiger partial charge is 0.264 e. The van der Waals surface area contributed by atoms with Crippen molar-refractivity contribution >= 4 is 11.6 Å². The molecule has 6 nitrogen and oxygen atoms in total. The monoisotopic (exact) mass is 277 g/mol. The fourth-order valence-electron chi connectivity index (χ4n) is 2.00. The summed E-state index contributed by atoms with van der Waals surface area (Å²) < 4.78 is 1.62. The molecule has 0 fully saturated rings. The highest BCUT2D eigenvalue weighted by Gasteiger charge is 2.26. The van der Waals surface area contributed by atoms with E-state index in [2.05, 4.69) is 10.5 Å². The Morgan fingerprint density at radius 1 is 1.55 bits per heavy atom. The molecule has 1 amide bonds. The highest BCUT2D eigenvalue weighted by atomic mass is 16.6. The van der Waals surface area contributed by atoms with Gasteiger partial charge in [0.25, 0.3) is 5.91 Å². The van der Waals surface area contributed by atoms with E-state index in [1.807, 2.05) is 13.0 Å². The summed E-state index contributed by atoms with van der Waals surface area (Å²) >= 11 is 0. The molecule has 0 spiro atoms. The van der Waals surface area contributed by atoms with Crippen molar-refractivity contribution in [2.45, 2.75) is 38.8 Å². The van der Waals surface area contributed by atoms with Gasteiger partial charge in [0.05, 0.1) is 5.71 Å². The Morgan fingerprint density at radius 2 is 2.40 bits per heavy atom. The summed E-state index contributed by atoms with van der Waals surface area (Å²) in [5, 5.41) is 6.66. The van der Waals surface area contributed by atoms with Crippen LogP contribution in [0.25, 0.3) is 0 Å². The molecule has 1 aliphatic rings. The van der Waals surface area contributed by atoms with E-state index in [1.165, 1.54) is 6.07 Å². The minimum absolute atomic E-state index is 0.0288. The maximum absolute atomic E-state index is 11.8. The van der Waals surface area contributed by atoms with Crippen LogP contribution >= 0.6 is 0 Å². The van der Waals surface area contributed by atoms with Crippen molar-refractivity contribution < 1.29 is 9.63 Å². The molecule has 2 heterocycles. The third-order valence-electron chi connectivity index (χ3n) is 3.20. The van der Waals surface area contributed by atoms with Crippen molar-refractivity contribution in [1.82, 2.24) is 9.88 Å². The number of nitrogens with zero attached hydrogens (tertiary/aromatic N) is 2. The minimum Gasteiger partial charge on any atom is -0.382 e. The van der Waals surface area contributed by atoms with Crippen LogP contribution < -0.4 is 10.9 Å². The lowest BCUT2D eigenvalue weighted by Gasteiger charge is -2.10. The Bertz CT molecular complexity index is 551. The molecule has 1 N–H and O–H groups in total. The van der Waals surface area contributed by atoms with Crippen LogP contribution in [0.15, 0.2) is 34.3 Å². The second-order valence-electron chi connectivity index (χ2n) is 4.69. The third-order valence-corrected chi connectivity index (χ3v) is 3.20. The molecule has 0 aromatic carbocycles. The predicted octanol–water partition coefficient (Wildman–Crippen LogP) is 0.909. The van der Waals surface area contributed by atoms with Crippen LogP contribution in [0, 0.1) is 0 Å². The number of hydrogen-bond acceptors (Lipinski definition) is 4. The zero-order chi connectivity index (χ0) is 14.4. The predicted molar refractivity (Wildman–Crippen MR) is 75.5 cm³/mol. The molecule has 0 bridgehead atoms. The lowest BCUT2D eigenvalue weighted by molar-refractivity contribution is -0.131. The van der Waals surface area contributed by atoms with Gasteiger partial charge in [-0.05, 0) is 18.9 Å². The number of aromatic nitrogens is 1. The van der Waals surface area contributed by atoms with Gasteiger partial charge in [-0.15, -0.1) is 0 Å². The molecule has 0 saturated heterocycles. The number of amides is 1. The molecule has 0 saturated carbocycles. The second-order valence-corrected chi connectivity index (χ2v) is 4.69. The van der Waals surface area contributed by atoms with E-state index < -0.39 is 6.10 Å². The Hall–Kier alpha value is -2.11. The minimum atomic E-state index is -0.496. The van der Waals surface area contributed by atoms with Crippen molar-refractivity contribution in [2.75, 3.05) is 6.54 Å². The second kappa shape index (κ2) is 6.88. The van der Waals surface area contributed by atoms with E-state index >= 15 is 0 Å². The number of carbonyl (C=O) groups excluding carboxylic acids is 1. The molecule has 1 aromatic rings. The number of rotatable bonds is 6. The molecular formula is C14H19N3O3. The van der Waals surface area contributed by atoms with Gasteiger partial charge in [-0.1, -0.05) is 18.1 Å². The summed E-state index contributed by atoms with van der Waals surface area (Å²) in [6, 6.07) is 5.05. The van der Waals surface area contributed by atoms with Crippen LogP contribution in [-0.4, -0.2) is 28.8 Å². The Morgan fingerprint density at radius 3 is 3.10 bits per heavy atom. The van der Waals surface area contributed by atoms with Gasteiger partial charge in [0.2, 0.25) is 11.7 Å². The van der Waals surface area contributed by atoms with Gasteiger partial charge in [0.1, 0.15) is 0 Å². The van der Waals surface area contributed by atoms with Crippen LogP contribution in [0.5, 0.6) is 0 Å². The highest BCUT2D eigenvalue weighted by Crippen LogP contribution is 2.12. The molecule has 6 heteroatoms. The zero-order valence-electron chi connectivity index (χ0n) is 11.5. The van der Waals surface area contributed by atoms with Crippen LogP contribution in [0.2, 0.25) is 0 Å². The van der Waals surface area contributed by atoms with E-state index in [0.29, 0.717) is 25.9 Å². The van der Waals surface area contributed by atoms with Crippen LogP contribution in [0.4, 0.5) is 0 Å². The van der Waals surface area contributed by atoms with E-state index in [4.69, 9.17) is 4.84 Å². The quantitative estimate of drug-likeness (QED) is 0.785. The summed E-state index contributed by atoms with van der Waals surface area (Å²) in [5.74, 6) is -0.141. The van der Waals surface area contributed by atoms with E-state index in [-0.39, 0.29) is 11.5 Å². The summed E-state index contributed by atoms with van der Waals surface area (Å²) in [6.07, 6.45) is 3.32. The van der Waals surface area contributed by atoms with Gasteiger partial charge < -0.3 is 14.7 Å². The summed E-state index contributed by atoms with van der Waals surface area (Å²) in [7, 11) is 0. The SMILES string of the molecule is CCC1=NO[C@H](C(=O)NCCCn2ccccc2=O)C1. The van der Waals surface area contributed by atoms with Crippen LogP contribution in [0.3, 0.4) is 0 Å². The zero-order valence-corrected chi connectivity index (χ0v) is 11.5. The van der Waals surface area contributed by atoms with Gasteiger partial charge in [-0.3, -0.25) is 9.59 Å². The fourth-order valence-corrected chi connectivity index (χ4v) is 2.00. The van der Waals surface area contributed by atoms with Crippen LogP contribution in [0.1, 0.15) is 26.2 Å². The fraction of sp³-hybridized carbons (Fsp3) is 0.500. The Labute approximate surface area is 117 Å². The first-order valence-electron chi connectivity index (χ1n) is 6.85. The standard InChI is InChI=1S/C14H19N3O3/c1-2-11-10-12(20-16-11)14(19)15-7-5-9-17-8-4-3-6-13(17)18/h3-4,6,8,12H,2,5,7,9-10H2,1H3,(H,15,19)/t12-/m0/s1. The van der Waals surface area contributed by atoms with E-state index in [1.54, 1.807) is 16.8 Å². The lowest BCUT2D eigenvalue weighted by atomic mass is 10.1. The average Bonchev–Trinajstić information content (AvgIpc) is 2.94. The number of oxime groups is 1. The van der Waals surface area contributed by atoms with Gasteiger partial charge in [0.15, 0.2) is 0 Å². The first-order chi connectivity index (χ1) is 9.70. The van der Waals surface area contributed by atoms with Crippen molar-refractivity contribution in [3.8, 4) is 0 Å². The van der Waals surface area contributed by atoms with E-state index in [9.17, 15) is 9.59 Å². The van der Waals surface area contributed by atoms with E-state index in [0.717, 1.165) is 12.1 Å². The normalized spacial score (nSPS) is 17.4. The third kappa shape index (κ3) is 3.69. The van der Waals surface area contributed by atoms with Crippen molar-refractivity contribution in [3.05, 3.63) is 34.7 Å². The van der Waals surface area contributed by atoms with Crippen LogP contribution in [-0.2, 0) is 16.2 Å². The number of hydrogen-bond donors (Lipinski definition) is 1. The summed E-state index contributed by atoms with van der Waals surface area (Å²) in [4.78, 5) is 28.3. The first kappa shape index (κ1) is 14.3. The molecule has 2 rings (SSSR count). The molecule has 1 aliphatic heterocycles. The molecule has 20 heavy (non-hydrogen) atoms. The van der Waals surface area contributed by atoms with Crippen molar-refractivity contribution in [2.24, 2.45) is 5.16 Å². The molecule has 0 aliphatic carbocycles. The molecule has 1 atom stereocenters. The van der Waals surface area contributed by atoms with Gasteiger partial charge >= 0.3 is 0 Å². The Balaban J connectivity index is 1.68. The maximum atomic E-state index is 11.8. The highest BCUT2D eigenvalue weighted by molar-refractivity contribution is 5.92. The molecule has 1 aromatic heterocycles. The largest absolute Gasteiger partial charge is 0.382 e. The summed E-state index contributed by atoms with van der Waals surface area (Å²) in [5.41, 5.74) is 0.889. The van der Waals surface area contributed by atoms with Gasteiger partial charge in [-0.2, -0.15) is 0 Å². The number of nitrogens with one attached hydrogen (secondary N) is 1. The van der Waals surface area contributed by atoms with Gasteiger partial charge in [-0.25, -0.2) is 0 Å². The maximum Gasteiger partial charge on any atom is 0.264 e. The van der Waals surface area contributed by atoms with Crippen molar-refractivity contribution in [3.63, 3.8) is 0 Å². The van der Waals surface area contributed by atoms with Gasteiger partial charge in [0, 0.05) is 31.8 Å². The lowest BCUT2D eigenvalue weighted by Crippen LogP contribution is -2.35. The number of pyridine rings is 1. The summed E-state index contributed by atoms with van der Waals surface area (Å²) in [6.45, 7) is 3.09. The Kier molecular flexibility index (Phi) is 4.92. The average molecular weight is 277 g/mol. The molecule has 0 unspecified atom stereocenters. The van der Waals surface area contributed by atoms with Crippen molar-refractivity contribution in [1.29, 1.82) is 0 Å². The molecular weight excluding hydrogens is 258 g/mol. The molecule has 108 valence electrons. The topological polar surface area (TPSA) is 72.7 Å². The number of carbonyl (C=O) groups is 1.